The lowest BCUT2D eigenvalue weighted by molar-refractivity contribution is 0.225. The first-order chi connectivity index (χ1) is 9.08. The summed E-state index contributed by atoms with van der Waals surface area (Å²) in [4.78, 5) is 4.49. The summed E-state index contributed by atoms with van der Waals surface area (Å²) in [7, 11) is 0. The zero-order valence-corrected chi connectivity index (χ0v) is 11.8. The van der Waals surface area contributed by atoms with Crippen LogP contribution in [0.5, 0.6) is 0 Å². The molecule has 1 aliphatic rings. The van der Waals surface area contributed by atoms with Crippen molar-refractivity contribution in [3.05, 3.63) is 30.1 Å². The van der Waals surface area contributed by atoms with Crippen LogP contribution in [0.2, 0.25) is 0 Å². The molecule has 1 atom stereocenters. The molecule has 0 aliphatic carbocycles. The lowest BCUT2D eigenvalue weighted by atomic mass is 10.0. The standard InChI is InChI=1S/C15H24FN3/c1-12(2)14(17)11-18-7-9-19(10-8-18)15-6-4-3-5-13(15)16/h3-6,12,14H,7-11,17H2,1-2H3. The highest BCUT2D eigenvalue weighted by Gasteiger charge is 2.21. The highest BCUT2D eigenvalue weighted by Crippen LogP contribution is 2.20. The average Bonchev–Trinajstić information content (AvgIpc) is 2.40. The largest absolute Gasteiger partial charge is 0.367 e. The van der Waals surface area contributed by atoms with Gasteiger partial charge in [-0.25, -0.2) is 4.39 Å². The lowest BCUT2D eigenvalue weighted by Crippen LogP contribution is -2.51. The maximum Gasteiger partial charge on any atom is 0.146 e. The summed E-state index contributed by atoms with van der Waals surface area (Å²) >= 11 is 0. The van der Waals surface area contributed by atoms with Gasteiger partial charge in [0.05, 0.1) is 5.69 Å². The van der Waals surface area contributed by atoms with Gasteiger partial charge < -0.3 is 10.6 Å². The van der Waals surface area contributed by atoms with Gasteiger partial charge in [-0.05, 0) is 18.1 Å². The van der Waals surface area contributed by atoms with Gasteiger partial charge in [-0.2, -0.15) is 0 Å². The molecule has 3 nitrogen and oxygen atoms in total. The smallest absolute Gasteiger partial charge is 0.146 e. The van der Waals surface area contributed by atoms with E-state index >= 15 is 0 Å². The Balaban J connectivity index is 1.88. The molecule has 1 heterocycles. The number of piperazine rings is 1. The minimum Gasteiger partial charge on any atom is -0.367 e. The molecule has 1 aromatic rings. The van der Waals surface area contributed by atoms with Crippen LogP contribution in [0, 0.1) is 11.7 Å². The maximum absolute atomic E-state index is 13.7. The molecule has 0 aromatic heterocycles. The molecule has 0 bridgehead atoms. The van der Waals surface area contributed by atoms with Crippen LogP contribution in [-0.4, -0.2) is 43.7 Å². The topological polar surface area (TPSA) is 32.5 Å². The van der Waals surface area contributed by atoms with Crippen molar-refractivity contribution >= 4 is 5.69 Å². The number of anilines is 1. The predicted octanol–water partition coefficient (Wildman–Crippen LogP) is 1.93. The van der Waals surface area contributed by atoms with Crippen LogP contribution >= 0.6 is 0 Å². The van der Waals surface area contributed by atoms with Crippen LogP contribution in [0.4, 0.5) is 10.1 Å². The second kappa shape index (κ2) is 6.35. The van der Waals surface area contributed by atoms with Gasteiger partial charge in [0.2, 0.25) is 0 Å². The fourth-order valence-electron chi connectivity index (χ4n) is 2.39. The first-order valence-corrected chi connectivity index (χ1v) is 7.05. The van der Waals surface area contributed by atoms with Crippen LogP contribution in [0.25, 0.3) is 0 Å². The molecule has 1 fully saturated rings. The van der Waals surface area contributed by atoms with E-state index in [-0.39, 0.29) is 11.9 Å². The monoisotopic (exact) mass is 265 g/mol. The summed E-state index contributed by atoms with van der Waals surface area (Å²) in [5.41, 5.74) is 6.82. The highest BCUT2D eigenvalue weighted by molar-refractivity contribution is 5.47. The number of hydrogen-bond acceptors (Lipinski definition) is 3. The van der Waals surface area contributed by atoms with Gasteiger partial charge in [-0.3, -0.25) is 4.90 Å². The van der Waals surface area contributed by atoms with Crippen molar-refractivity contribution in [2.45, 2.75) is 19.9 Å². The van der Waals surface area contributed by atoms with E-state index < -0.39 is 0 Å². The van der Waals surface area contributed by atoms with Gasteiger partial charge in [0.15, 0.2) is 0 Å². The maximum atomic E-state index is 13.7. The molecule has 2 N–H and O–H groups in total. The van der Waals surface area contributed by atoms with Crippen molar-refractivity contribution in [1.82, 2.24) is 4.90 Å². The van der Waals surface area contributed by atoms with Crippen LogP contribution in [0.1, 0.15) is 13.8 Å². The molecular weight excluding hydrogens is 241 g/mol. The number of hydrogen-bond donors (Lipinski definition) is 1. The van der Waals surface area contributed by atoms with Crippen LogP contribution in [0.15, 0.2) is 24.3 Å². The molecule has 106 valence electrons. The van der Waals surface area contributed by atoms with Crippen molar-refractivity contribution in [1.29, 1.82) is 0 Å². The average molecular weight is 265 g/mol. The molecule has 4 heteroatoms. The Kier molecular flexibility index (Phi) is 4.77. The van der Waals surface area contributed by atoms with Gasteiger partial charge >= 0.3 is 0 Å². The quantitative estimate of drug-likeness (QED) is 0.903. The summed E-state index contributed by atoms with van der Waals surface area (Å²) in [5.74, 6) is 0.374. The van der Waals surface area contributed by atoms with Crippen LogP contribution < -0.4 is 10.6 Å². The van der Waals surface area contributed by atoms with E-state index in [0.29, 0.717) is 5.92 Å². The van der Waals surface area contributed by atoms with Gasteiger partial charge in [-0.15, -0.1) is 0 Å². The highest BCUT2D eigenvalue weighted by atomic mass is 19.1. The van der Waals surface area contributed by atoms with Gasteiger partial charge in [-0.1, -0.05) is 26.0 Å². The molecule has 1 aromatic carbocycles. The molecule has 2 rings (SSSR count). The normalized spacial score (nSPS) is 18.9. The van der Waals surface area contributed by atoms with Crippen molar-refractivity contribution in [3.8, 4) is 0 Å². The van der Waals surface area contributed by atoms with E-state index in [1.807, 2.05) is 12.1 Å². The number of halogens is 1. The minimum absolute atomic E-state index is 0.130. The van der Waals surface area contributed by atoms with Gasteiger partial charge in [0, 0.05) is 38.8 Å². The van der Waals surface area contributed by atoms with Crippen LogP contribution in [-0.2, 0) is 0 Å². The molecule has 0 saturated carbocycles. The number of benzene rings is 1. The molecule has 0 amide bonds. The Bertz CT molecular complexity index is 400. The number of para-hydroxylation sites is 1. The summed E-state index contributed by atoms with van der Waals surface area (Å²) in [5, 5.41) is 0. The first kappa shape index (κ1) is 14.3. The zero-order valence-electron chi connectivity index (χ0n) is 11.8. The first-order valence-electron chi connectivity index (χ1n) is 7.05. The molecular formula is C15H24FN3. The molecule has 0 radical (unpaired) electrons. The Labute approximate surface area is 115 Å². The Hall–Kier alpha value is -1.13. The van der Waals surface area contributed by atoms with E-state index in [2.05, 4.69) is 23.6 Å². The Morgan fingerprint density at radius 3 is 2.37 bits per heavy atom. The van der Waals surface area contributed by atoms with Crippen LogP contribution in [0.3, 0.4) is 0 Å². The van der Waals surface area contributed by atoms with Crippen molar-refractivity contribution in [2.75, 3.05) is 37.6 Å². The Morgan fingerprint density at radius 1 is 1.16 bits per heavy atom. The molecule has 1 saturated heterocycles. The fourth-order valence-corrected chi connectivity index (χ4v) is 2.39. The van der Waals surface area contributed by atoms with E-state index in [9.17, 15) is 4.39 Å². The van der Waals surface area contributed by atoms with Gasteiger partial charge in [0.25, 0.3) is 0 Å². The third-order valence-corrected chi connectivity index (χ3v) is 3.89. The van der Waals surface area contributed by atoms with Crippen molar-refractivity contribution in [3.63, 3.8) is 0 Å². The zero-order chi connectivity index (χ0) is 13.8. The third kappa shape index (κ3) is 3.67. The second-order valence-corrected chi connectivity index (χ2v) is 5.65. The molecule has 19 heavy (non-hydrogen) atoms. The summed E-state index contributed by atoms with van der Waals surface area (Å²) in [6.45, 7) is 8.88. The van der Waals surface area contributed by atoms with E-state index in [4.69, 9.17) is 5.73 Å². The number of rotatable bonds is 4. The van der Waals surface area contributed by atoms with Gasteiger partial charge in [0.1, 0.15) is 5.82 Å². The van der Waals surface area contributed by atoms with E-state index in [1.54, 1.807) is 6.07 Å². The fraction of sp³-hybridized carbons (Fsp3) is 0.600. The summed E-state index contributed by atoms with van der Waals surface area (Å²) < 4.78 is 13.7. The SMILES string of the molecule is CC(C)C(N)CN1CCN(c2ccccc2F)CC1. The summed E-state index contributed by atoms with van der Waals surface area (Å²) in [6.07, 6.45) is 0. The Morgan fingerprint density at radius 2 is 1.79 bits per heavy atom. The molecule has 1 unspecified atom stereocenters. The van der Waals surface area contributed by atoms with E-state index in [0.717, 1.165) is 38.4 Å². The van der Waals surface area contributed by atoms with Crippen molar-refractivity contribution < 1.29 is 4.39 Å². The predicted molar refractivity (Wildman–Crippen MR) is 77.9 cm³/mol. The second-order valence-electron chi connectivity index (χ2n) is 5.65. The minimum atomic E-state index is -0.130. The lowest BCUT2D eigenvalue weighted by Gasteiger charge is -2.37. The molecule has 1 aliphatic heterocycles. The number of nitrogens with two attached hydrogens (primary N) is 1. The number of nitrogens with zero attached hydrogens (tertiary/aromatic N) is 2. The third-order valence-electron chi connectivity index (χ3n) is 3.89. The van der Waals surface area contributed by atoms with Crippen molar-refractivity contribution in [2.24, 2.45) is 11.7 Å². The van der Waals surface area contributed by atoms with E-state index in [1.165, 1.54) is 6.07 Å². The summed E-state index contributed by atoms with van der Waals surface area (Å²) in [6, 6.07) is 7.22. The molecule has 0 spiro atoms.